The summed E-state index contributed by atoms with van der Waals surface area (Å²) in [5.41, 5.74) is 0. The summed E-state index contributed by atoms with van der Waals surface area (Å²) in [6.07, 6.45) is 15.7. The molecule has 0 unspecified atom stereocenters. The third-order valence-electron chi connectivity index (χ3n) is 3.42. The van der Waals surface area contributed by atoms with E-state index in [9.17, 15) is 4.79 Å². The van der Waals surface area contributed by atoms with Crippen molar-refractivity contribution in [2.75, 3.05) is 0 Å². The highest BCUT2D eigenvalue weighted by atomic mass is 16.1. The van der Waals surface area contributed by atoms with Gasteiger partial charge in [0.05, 0.1) is 0 Å². The summed E-state index contributed by atoms with van der Waals surface area (Å²) in [4.78, 5) is 10.3. The molecule has 0 amide bonds. The average molecular weight is 196 g/mol. The average Bonchev–Trinajstić information content (AvgIpc) is 2.23. The number of aldehydes is 1. The van der Waals surface area contributed by atoms with E-state index in [1.54, 1.807) is 0 Å². The van der Waals surface area contributed by atoms with E-state index in [0.717, 1.165) is 25.0 Å². The van der Waals surface area contributed by atoms with E-state index in [2.05, 4.69) is 0 Å². The second kappa shape index (κ2) is 8.02. The SMILES string of the molecule is O=CCCC1CCCCCCCCC1. The van der Waals surface area contributed by atoms with Crippen LogP contribution in [0.4, 0.5) is 0 Å². The summed E-state index contributed by atoms with van der Waals surface area (Å²) in [6.45, 7) is 0. The highest BCUT2D eigenvalue weighted by Gasteiger charge is 2.09. The first-order chi connectivity index (χ1) is 6.93. The van der Waals surface area contributed by atoms with Crippen LogP contribution in [0.15, 0.2) is 0 Å². The van der Waals surface area contributed by atoms with E-state index >= 15 is 0 Å². The molecule has 1 saturated carbocycles. The van der Waals surface area contributed by atoms with Crippen LogP contribution in [0.3, 0.4) is 0 Å². The summed E-state index contributed by atoms with van der Waals surface area (Å²) in [5, 5.41) is 0. The van der Waals surface area contributed by atoms with Crippen molar-refractivity contribution in [2.24, 2.45) is 5.92 Å². The summed E-state index contributed by atoms with van der Waals surface area (Å²) < 4.78 is 0. The zero-order valence-corrected chi connectivity index (χ0v) is 9.34. The maximum Gasteiger partial charge on any atom is 0.120 e. The first kappa shape index (κ1) is 11.7. The Morgan fingerprint density at radius 1 is 0.857 bits per heavy atom. The van der Waals surface area contributed by atoms with Crippen LogP contribution in [-0.4, -0.2) is 6.29 Å². The van der Waals surface area contributed by atoms with Gasteiger partial charge in [-0.3, -0.25) is 0 Å². The zero-order valence-electron chi connectivity index (χ0n) is 9.34. The van der Waals surface area contributed by atoms with Crippen molar-refractivity contribution in [1.29, 1.82) is 0 Å². The van der Waals surface area contributed by atoms with Gasteiger partial charge in [-0.15, -0.1) is 0 Å². The molecule has 0 atom stereocenters. The van der Waals surface area contributed by atoms with E-state index < -0.39 is 0 Å². The fourth-order valence-corrected chi connectivity index (χ4v) is 2.49. The van der Waals surface area contributed by atoms with E-state index in [1.807, 2.05) is 0 Å². The molecular weight excluding hydrogens is 172 g/mol. The van der Waals surface area contributed by atoms with Gasteiger partial charge in [-0.2, -0.15) is 0 Å². The van der Waals surface area contributed by atoms with Gasteiger partial charge < -0.3 is 4.79 Å². The minimum atomic E-state index is 0.782. The molecule has 0 saturated heterocycles. The quantitative estimate of drug-likeness (QED) is 0.621. The van der Waals surface area contributed by atoms with Crippen molar-refractivity contribution in [3.8, 4) is 0 Å². The molecule has 14 heavy (non-hydrogen) atoms. The Morgan fingerprint density at radius 3 is 1.86 bits per heavy atom. The van der Waals surface area contributed by atoms with Crippen molar-refractivity contribution in [3.63, 3.8) is 0 Å². The molecule has 82 valence electrons. The Labute approximate surface area is 88.3 Å². The molecule has 0 bridgehead atoms. The van der Waals surface area contributed by atoms with Crippen molar-refractivity contribution >= 4 is 6.29 Å². The fourth-order valence-electron chi connectivity index (χ4n) is 2.49. The monoisotopic (exact) mass is 196 g/mol. The van der Waals surface area contributed by atoms with Gasteiger partial charge in [-0.25, -0.2) is 0 Å². The number of rotatable bonds is 3. The molecule has 0 aromatic heterocycles. The first-order valence-corrected chi connectivity index (χ1v) is 6.37. The lowest BCUT2D eigenvalue weighted by atomic mass is 9.89. The lowest BCUT2D eigenvalue weighted by Crippen LogP contribution is -2.02. The van der Waals surface area contributed by atoms with Crippen LogP contribution in [0.2, 0.25) is 0 Å². The maximum atomic E-state index is 10.3. The van der Waals surface area contributed by atoms with Gasteiger partial charge in [0, 0.05) is 6.42 Å². The van der Waals surface area contributed by atoms with Crippen LogP contribution < -0.4 is 0 Å². The molecule has 0 N–H and O–H groups in total. The van der Waals surface area contributed by atoms with Gasteiger partial charge in [0.25, 0.3) is 0 Å². The molecule has 1 heteroatoms. The van der Waals surface area contributed by atoms with Crippen molar-refractivity contribution in [3.05, 3.63) is 0 Å². The Kier molecular flexibility index (Phi) is 6.73. The Morgan fingerprint density at radius 2 is 1.36 bits per heavy atom. The molecule has 0 aliphatic heterocycles. The lowest BCUT2D eigenvalue weighted by molar-refractivity contribution is -0.108. The predicted octanol–water partition coefficient (Wildman–Crippen LogP) is 4.11. The highest BCUT2D eigenvalue weighted by Crippen LogP contribution is 2.24. The minimum absolute atomic E-state index is 0.782. The molecule has 0 aromatic carbocycles. The number of hydrogen-bond acceptors (Lipinski definition) is 1. The second-order valence-corrected chi connectivity index (χ2v) is 4.66. The molecule has 0 radical (unpaired) electrons. The van der Waals surface area contributed by atoms with Gasteiger partial charge in [0.1, 0.15) is 6.29 Å². The van der Waals surface area contributed by atoms with Crippen LogP contribution in [0.25, 0.3) is 0 Å². The summed E-state index contributed by atoms with van der Waals surface area (Å²) in [5.74, 6) is 0.846. The largest absolute Gasteiger partial charge is 0.303 e. The molecule has 0 spiro atoms. The predicted molar refractivity (Wildman–Crippen MR) is 60.3 cm³/mol. The molecule has 1 nitrogen and oxygen atoms in total. The standard InChI is InChI=1S/C13H24O/c14-12-8-11-13-9-6-4-2-1-3-5-7-10-13/h12-13H,1-11H2. The van der Waals surface area contributed by atoms with Crippen LogP contribution >= 0.6 is 0 Å². The Balaban J connectivity index is 2.19. The topological polar surface area (TPSA) is 17.1 Å². The van der Waals surface area contributed by atoms with Crippen LogP contribution in [0.1, 0.15) is 70.6 Å². The molecule has 0 aromatic rings. The maximum absolute atomic E-state index is 10.3. The fraction of sp³-hybridized carbons (Fsp3) is 0.923. The van der Waals surface area contributed by atoms with Gasteiger partial charge >= 0.3 is 0 Å². The van der Waals surface area contributed by atoms with Gasteiger partial charge in [0.15, 0.2) is 0 Å². The summed E-state index contributed by atoms with van der Waals surface area (Å²) in [6, 6.07) is 0. The van der Waals surface area contributed by atoms with Gasteiger partial charge in [-0.1, -0.05) is 57.8 Å². The third kappa shape index (κ3) is 5.41. The first-order valence-electron chi connectivity index (χ1n) is 6.37. The van der Waals surface area contributed by atoms with E-state index in [0.29, 0.717) is 0 Å². The van der Waals surface area contributed by atoms with E-state index in [1.165, 1.54) is 57.8 Å². The molecule has 1 aliphatic rings. The Hall–Kier alpha value is -0.330. The molecular formula is C13H24O. The lowest BCUT2D eigenvalue weighted by Gasteiger charge is -2.17. The minimum Gasteiger partial charge on any atom is -0.303 e. The molecule has 1 aliphatic carbocycles. The van der Waals surface area contributed by atoms with Crippen LogP contribution in [0, 0.1) is 5.92 Å². The highest BCUT2D eigenvalue weighted by molar-refractivity contribution is 5.49. The third-order valence-corrected chi connectivity index (χ3v) is 3.42. The number of carbonyl (C=O) groups excluding carboxylic acids is 1. The molecule has 1 fully saturated rings. The Bertz CT molecular complexity index is 132. The van der Waals surface area contributed by atoms with Crippen molar-refractivity contribution in [2.45, 2.75) is 70.6 Å². The van der Waals surface area contributed by atoms with E-state index in [-0.39, 0.29) is 0 Å². The summed E-state index contributed by atoms with van der Waals surface area (Å²) >= 11 is 0. The van der Waals surface area contributed by atoms with Gasteiger partial charge in [-0.05, 0) is 12.3 Å². The number of hydrogen-bond donors (Lipinski definition) is 0. The van der Waals surface area contributed by atoms with Crippen LogP contribution in [0.5, 0.6) is 0 Å². The second-order valence-electron chi connectivity index (χ2n) is 4.66. The molecule has 0 heterocycles. The van der Waals surface area contributed by atoms with Crippen molar-refractivity contribution < 1.29 is 4.79 Å². The van der Waals surface area contributed by atoms with E-state index in [4.69, 9.17) is 0 Å². The van der Waals surface area contributed by atoms with Crippen LogP contribution in [-0.2, 0) is 4.79 Å². The smallest absolute Gasteiger partial charge is 0.120 e. The van der Waals surface area contributed by atoms with Gasteiger partial charge in [0.2, 0.25) is 0 Å². The molecule has 1 rings (SSSR count). The summed E-state index contributed by atoms with van der Waals surface area (Å²) in [7, 11) is 0. The normalized spacial score (nSPS) is 21.7. The van der Waals surface area contributed by atoms with Crippen molar-refractivity contribution in [1.82, 2.24) is 0 Å². The number of carbonyl (C=O) groups is 1. The zero-order chi connectivity index (χ0) is 10.1.